The minimum Gasteiger partial charge on any atom is -0.361 e. The molecule has 3 atom stereocenters. The van der Waals surface area contributed by atoms with Crippen LogP contribution >= 0.6 is 0 Å². The molecule has 2 N–H and O–H groups in total. The number of nitrogens with one attached hydrogen (secondary N) is 2. The summed E-state index contributed by atoms with van der Waals surface area (Å²) < 4.78 is 0. The molecule has 4 heterocycles. The summed E-state index contributed by atoms with van der Waals surface area (Å²) in [5, 5.41) is 16.2. The van der Waals surface area contributed by atoms with Gasteiger partial charge in [-0.25, -0.2) is 0 Å². The molecular formula is C28H30N6O3. The Morgan fingerprint density at radius 1 is 1.16 bits per heavy atom. The fourth-order valence-corrected chi connectivity index (χ4v) is 5.43. The number of aromatic amines is 1. The number of piperidine rings is 1. The van der Waals surface area contributed by atoms with E-state index in [-0.39, 0.29) is 23.3 Å². The number of benzene rings is 1. The number of aryl methyl sites for hydroxylation is 1. The van der Waals surface area contributed by atoms with Crippen molar-refractivity contribution in [1.82, 2.24) is 20.3 Å². The number of nitrogens with zero attached hydrogens (tertiary/aromatic N) is 4. The highest BCUT2D eigenvalue weighted by Crippen LogP contribution is 2.34. The number of hydrogen-bond acceptors (Lipinski definition) is 7. The van der Waals surface area contributed by atoms with Gasteiger partial charge in [-0.1, -0.05) is 19.1 Å². The van der Waals surface area contributed by atoms with Crippen molar-refractivity contribution in [3.63, 3.8) is 0 Å². The Labute approximate surface area is 214 Å². The van der Waals surface area contributed by atoms with Gasteiger partial charge in [0.1, 0.15) is 11.9 Å². The third-order valence-electron chi connectivity index (χ3n) is 7.30. The van der Waals surface area contributed by atoms with Crippen LogP contribution in [0.3, 0.4) is 0 Å². The molecule has 2 unspecified atom stereocenters. The molecule has 9 nitrogen and oxygen atoms in total. The van der Waals surface area contributed by atoms with Crippen LogP contribution in [0.1, 0.15) is 30.2 Å². The van der Waals surface area contributed by atoms with Crippen LogP contribution in [0, 0.1) is 23.0 Å². The van der Waals surface area contributed by atoms with E-state index in [2.05, 4.69) is 38.2 Å². The second kappa shape index (κ2) is 10.5. The summed E-state index contributed by atoms with van der Waals surface area (Å²) in [6.45, 7) is 5.22. The standard InChI is InChI=1S/C28H30N6O3/c1-18-10-13-33(24-8-5-11-30-28(24)34(36)37)25(15-20-9-12-29-19(2)14-20)26(18)32-17-21-16-31-23-7-4-3-6-22(23)27(21)35/h3-9,11-12,14,16,18,25-26,32H,10,13,15,17H2,1-2H3,(H,31,35)/t18?,25?,26-/m0/s1. The predicted molar refractivity (Wildman–Crippen MR) is 144 cm³/mol. The van der Waals surface area contributed by atoms with Crippen LogP contribution in [0.25, 0.3) is 10.9 Å². The van der Waals surface area contributed by atoms with Gasteiger partial charge in [0.15, 0.2) is 5.43 Å². The van der Waals surface area contributed by atoms with E-state index >= 15 is 0 Å². The Bertz CT molecular complexity index is 1490. The first-order valence-corrected chi connectivity index (χ1v) is 12.5. The van der Waals surface area contributed by atoms with E-state index in [1.807, 2.05) is 37.3 Å². The number of anilines is 1. The SMILES string of the molecule is Cc1cc(CC2[C@@H](NCc3c[nH]c4ccccc4c3=O)C(C)CCN2c2cccnc2[N+](=O)[O-])ccn1. The quantitative estimate of drug-likeness (QED) is 0.290. The van der Waals surface area contributed by atoms with Crippen LogP contribution in [0.5, 0.6) is 0 Å². The molecule has 5 rings (SSSR count). The fourth-order valence-electron chi connectivity index (χ4n) is 5.43. The van der Waals surface area contributed by atoms with Gasteiger partial charge in [-0.05, 0) is 77.6 Å². The number of para-hydroxylation sites is 1. The normalized spacial score (nSPS) is 19.7. The number of rotatable bonds is 7. The van der Waals surface area contributed by atoms with Crippen molar-refractivity contribution in [2.75, 3.05) is 11.4 Å². The maximum atomic E-state index is 13.1. The Balaban J connectivity index is 1.50. The van der Waals surface area contributed by atoms with Crippen LogP contribution in [0.4, 0.5) is 11.5 Å². The van der Waals surface area contributed by atoms with E-state index in [1.165, 1.54) is 6.20 Å². The lowest BCUT2D eigenvalue weighted by Crippen LogP contribution is -2.58. The number of H-pyrrole nitrogens is 1. The zero-order valence-electron chi connectivity index (χ0n) is 20.9. The van der Waals surface area contributed by atoms with E-state index < -0.39 is 4.92 Å². The first-order chi connectivity index (χ1) is 17.9. The Hall–Kier alpha value is -4.11. The molecule has 0 aliphatic carbocycles. The first-order valence-electron chi connectivity index (χ1n) is 12.5. The van der Waals surface area contributed by atoms with Crippen molar-refractivity contribution in [1.29, 1.82) is 0 Å². The second-order valence-corrected chi connectivity index (χ2v) is 9.73. The van der Waals surface area contributed by atoms with Gasteiger partial charge in [0.2, 0.25) is 0 Å². The molecule has 1 aliphatic heterocycles. The molecule has 0 radical (unpaired) electrons. The third kappa shape index (κ3) is 5.08. The van der Waals surface area contributed by atoms with Crippen LogP contribution in [0.2, 0.25) is 0 Å². The zero-order valence-corrected chi connectivity index (χ0v) is 20.9. The molecule has 0 spiro atoms. The molecule has 190 valence electrons. The zero-order chi connectivity index (χ0) is 25.9. The van der Waals surface area contributed by atoms with Crippen molar-refractivity contribution in [3.05, 3.63) is 104 Å². The summed E-state index contributed by atoms with van der Waals surface area (Å²) >= 11 is 0. The molecule has 1 aliphatic rings. The van der Waals surface area contributed by atoms with Gasteiger partial charge in [-0.2, -0.15) is 0 Å². The Morgan fingerprint density at radius 3 is 2.81 bits per heavy atom. The van der Waals surface area contributed by atoms with Gasteiger partial charge in [-0.15, -0.1) is 0 Å². The molecule has 0 bridgehead atoms. The highest BCUT2D eigenvalue weighted by molar-refractivity contribution is 5.78. The number of fused-ring (bicyclic) bond motifs is 1. The van der Waals surface area contributed by atoms with E-state index in [9.17, 15) is 14.9 Å². The Kier molecular flexibility index (Phi) is 6.96. The smallest absolute Gasteiger partial charge is 0.361 e. The maximum Gasteiger partial charge on any atom is 0.387 e. The lowest BCUT2D eigenvalue weighted by atomic mass is 9.83. The molecule has 0 amide bonds. The molecule has 3 aromatic heterocycles. The van der Waals surface area contributed by atoms with Gasteiger partial charge < -0.3 is 25.3 Å². The van der Waals surface area contributed by atoms with Crippen molar-refractivity contribution in [2.45, 2.75) is 45.3 Å². The number of hydrogen-bond donors (Lipinski definition) is 2. The summed E-state index contributed by atoms with van der Waals surface area (Å²) in [6, 6.07) is 14.9. The van der Waals surface area contributed by atoms with Crippen LogP contribution in [-0.2, 0) is 13.0 Å². The minimum absolute atomic E-state index is 0.00590. The summed E-state index contributed by atoms with van der Waals surface area (Å²) in [7, 11) is 0. The monoisotopic (exact) mass is 498 g/mol. The molecular weight excluding hydrogens is 468 g/mol. The maximum absolute atomic E-state index is 13.1. The van der Waals surface area contributed by atoms with Crippen molar-refractivity contribution < 1.29 is 4.92 Å². The highest BCUT2D eigenvalue weighted by atomic mass is 16.6. The van der Waals surface area contributed by atoms with Gasteiger partial charge in [-0.3, -0.25) is 9.78 Å². The first kappa shape index (κ1) is 24.6. The van der Waals surface area contributed by atoms with Crippen molar-refractivity contribution in [2.24, 2.45) is 5.92 Å². The molecule has 4 aromatic rings. The van der Waals surface area contributed by atoms with Gasteiger partial charge >= 0.3 is 5.82 Å². The Morgan fingerprint density at radius 2 is 2.00 bits per heavy atom. The number of nitro groups is 1. The van der Waals surface area contributed by atoms with Crippen molar-refractivity contribution >= 4 is 22.4 Å². The average molecular weight is 499 g/mol. The minimum atomic E-state index is -0.419. The number of aromatic nitrogens is 3. The lowest BCUT2D eigenvalue weighted by molar-refractivity contribution is -0.388. The topological polar surface area (TPSA) is 117 Å². The van der Waals surface area contributed by atoms with Crippen molar-refractivity contribution in [3.8, 4) is 0 Å². The highest BCUT2D eigenvalue weighted by Gasteiger charge is 2.38. The molecule has 37 heavy (non-hydrogen) atoms. The predicted octanol–water partition coefficient (Wildman–Crippen LogP) is 4.15. The second-order valence-electron chi connectivity index (χ2n) is 9.73. The molecule has 9 heteroatoms. The summed E-state index contributed by atoms with van der Waals surface area (Å²) in [6.07, 6.45) is 6.55. The van der Waals surface area contributed by atoms with Gasteiger partial charge in [0, 0.05) is 59.7 Å². The van der Waals surface area contributed by atoms with Crippen LogP contribution < -0.4 is 15.6 Å². The summed E-state index contributed by atoms with van der Waals surface area (Å²) in [4.78, 5) is 38.3. The largest absolute Gasteiger partial charge is 0.387 e. The summed E-state index contributed by atoms with van der Waals surface area (Å²) in [5.41, 5.74) is 4.03. The van der Waals surface area contributed by atoms with Crippen LogP contribution in [-0.4, -0.2) is 38.5 Å². The van der Waals surface area contributed by atoms with E-state index in [0.717, 1.165) is 23.2 Å². The van der Waals surface area contributed by atoms with Crippen LogP contribution in [0.15, 0.2) is 71.9 Å². The lowest BCUT2D eigenvalue weighted by Gasteiger charge is -2.46. The number of pyridine rings is 3. The molecule has 1 saturated heterocycles. The summed E-state index contributed by atoms with van der Waals surface area (Å²) in [5.74, 6) is 0.150. The van der Waals surface area contributed by atoms with Gasteiger partial charge in [0.05, 0.1) is 0 Å². The van der Waals surface area contributed by atoms with E-state index in [0.29, 0.717) is 42.1 Å². The molecule has 1 fully saturated rings. The average Bonchev–Trinajstić information content (AvgIpc) is 2.90. The molecule has 1 aromatic carbocycles. The van der Waals surface area contributed by atoms with E-state index in [4.69, 9.17) is 0 Å². The van der Waals surface area contributed by atoms with E-state index in [1.54, 1.807) is 24.5 Å². The van der Waals surface area contributed by atoms with Gasteiger partial charge in [0.25, 0.3) is 0 Å². The third-order valence-corrected chi connectivity index (χ3v) is 7.30. The fraction of sp³-hybridized carbons (Fsp3) is 0.321. The molecule has 0 saturated carbocycles.